The number of carbonyl (C=O) groups excluding carboxylic acids is 1. The fourth-order valence-electron chi connectivity index (χ4n) is 3.66. The van der Waals surface area contributed by atoms with Gasteiger partial charge in [-0.25, -0.2) is 0 Å². The number of benzene rings is 1. The van der Waals surface area contributed by atoms with E-state index in [0.717, 1.165) is 16.3 Å². The van der Waals surface area contributed by atoms with Gasteiger partial charge in [0, 0.05) is 10.9 Å². The lowest BCUT2D eigenvalue weighted by molar-refractivity contribution is -0.117. The van der Waals surface area contributed by atoms with Gasteiger partial charge in [-0.3, -0.25) is 4.79 Å². The predicted octanol–water partition coefficient (Wildman–Crippen LogP) is 4.87. The quantitative estimate of drug-likeness (QED) is 0.834. The summed E-state index contributed by atoms with van der Waals surface area (Å²) in [6.07, 6.45) is 5.93. The van der Waals surface area contributed by atoms with E-state index < -0.39 is 0 Å². The van der Waals surface area contributed by atoms with E-state index in [1.54, 1.807) is 6.07 Å². The summed E-state index contributed by atoms with van der Waals surface area (Å²) in [5.74, 6) is 2.37. The van der Waals surface area contributed by atoms with Gasteiger partial charge in [-0.1, -0.05) is 34.0 Å². The molecule has 3 unspecified atom stereocenters. The lowest BCUT2D eigenvalue weighted by atomic mass is 9.86. The Bertz CT molecular complexity index is 505. The molecule has 2 fully saturated rings. The van der Waals surface area contributed by atoms with Gasteiger partial charge in [-0.05, 0) is 55.2 Å². The molecule has 102 valence electrons. The molecule has 0 saturated heterocycles. The van der Waals surface area contributed by atoms with Gasteiger partial charge in [0.1, 0.15) is 0 Å². The lowest BCUT2D eigenvalue weighted by Crippen LogP contribution is -2.20. The van der Waals surface area contributed by atoms with Gasteiger partial charge in [0.2, 0.25) is 5.91 Å². The second-order valence-electron chi connectivity index (χ2n) is 5.81. The lowest BCUT2D eigenvalue weighted by Gasteiger charge is -2.21. The van der Waals surface area contributed by atoms with Crippen LogP contribution < -0.4 is 5.32 Å². The highest BCUT2D eigenvalue weighted by Crippen LogP contribution is 2.49. The number of rotatable bonds is 3. The average Bonchev–Trinajstić information content (AvgIpc) is 2.95. The average molecular weight is 343 g/mol. The summed E-state index contributed by atoms with van der Waals surface area (Å²) >= 11 is 9.47. The third kappa shape index (κ3) is 2.97. The van der Waals surface area contributed by atoms with E-state index in [9.17, 15) is 4.79 Å². The first-order chi connectivity index (χ1) is 9.11. The molecule has 0 spiro atoms. The zero-order valence-corrected chi connectivity index (χ0v) is 13.0. The molecule has 2 aliphatic rings. The summed E-state index contributed by atoms with van der Waals surface area (Å²) in [5, 5.41) is 3.51. The number of hydrogen-bond acceptors (Lipinski definition) is 1. The minimum atomic E-state index is 0.0989. The van der Waals surface area contributed by atoms with Gasteiger partial charge in [0.15, 0.2) is 0 Å². The van der Waals surface area contributed by atoms with Gasteiger partial charge < -0.3 is 5.32 Å². The highest BCUT2D eigenvalue weighted by molar-refractivity contribution is 9.10. The van der Waals surface area contributed by atoms with E-state index in [2.05, 4.69) is 21.2 Å². The Labute approximate surface area is 127 Å². The smallest absolute Gasteiger partial charge is 0.224 e. The number of nitrogens with one attached hydrogen (secondary N) is 1. The predicted molar refractivity (Wildman–Crippen MR) is 81.3 cm³/mol. The number of halogens is 2. The molecule has 1 amide bonds. The van der Waals surface area contributed by atoms with Gasteiger partial charge in [-0.2, -0.15) is 0 Å². The van der Waals surface area contributed by atoms with Gasteiger partial charge in [0.25, 0.3) is 0 Å². The zero-order valence-electron chi connectivity index (χ0n) is 10.7. The summed E-state index contributed by atoms with van der Waals surface area (Å²) in [7, 11) is 0. The summed E-state index contributed by atoms with van der Waals surface area (Å²) in [5.41, 5.74) is 0.707. The third-order valence-electron chi connectivity index (χ3n) is 4.54. The highest BCUT2D eigenvalue weighted by Gasteiger charge is 2.40. The van der Waals surface area contributed by atoms with E-state index in [1.165, 1.54) is 25.7 Å². The van der Waals surface area contributed by atoms with Crippen molar-refractivity contribution in [3.05, 3.63) is 27.7 Å². The fraction of sp³-hybridized carbons (Fsp3) is 0.533. The molecule has 1 aromatic rings. The van der Waals surface area contributed by atoms with Crippen LogP contribution in [0.2, 0.25) is 5.02 Å². The van der Waals surface area contributed by atoms with Crippen LogP contribution in [0.4, 0.5) is 5.69 Å². The number of hydrogen-bond donors (Lipinski definition) is 1. The largest absolute Gasteiger partial charge is 0.325 e. The summed E-state index contributed by atoms with van der Waals surface area (Å²) in [6, 6.07) is 5.53. The highest BCUT2D eigenvalue weighted by atomic mass is 79.9. The summed E-state index contributed by atoms with van der Waals surface area (Å²) < 4.78 is 0.920. The van der Waals surface area contributed by atoms with Crippen molar-refractivity contribution < 1.29 is 4.79 Å². The minimum Gasteiger partial charge on any atom is -0.325 e. The van der Waals surface area contributed by atoms with Crippen LogP contribution in [0.1, 0.15) is 32.1 Å². The van der Waals surface area contributed by atoms with E-state index in [-0.39, 0.29) is 5.91 Å². The first-order valence-electron chi connectivity index (χ1n) is 6.86. The second kappa shape index (κ2) is 5.45. The Kier molecular flexibility index (Phi) is 3.86. The van der Waals surface area contributed by atoms with Crippen LogP contribution in [0.3, 0.4) is 0 Å². The molecule has 3 atom stereocenters. The summed E-state index contributed by atoms with van der Waals surface area (Å²) in [4.78, 5) is 12.1. The molecule has 0 heterocycles. The Hall–Kier alpha value is -0.540. The molecule has 0 radical (unpaired) electrons. The van der Waals surface area contributed by atoms with Crippen LogP contribution >= 0.6 is 27.5 Å². The van der Waals surface area contributed by atoms with Gasteiger partial charge in [0.05, 0.1) is 10.7 Å². The molecule has 0 aliphatic heterocycles. The van der Waals surface area contributed by atoms with Crippen LogP contribution in [0.5, 0.6) is 0 Å². The minimum absolute atomic E-state index is 0.0989. The molecule has 1 N–H and O–H groups in total. The SMILES string of the molecule is O=C(CC1CC2CCC1C2)Nc1ccc(Br)cc1Cl. The second-order valence-corrected chi connectivity index (χ2v) is 7.13. The number of amides is 1. The molecule has 0 aromatic heterocycles. The maximum absolute atomic E-state index is 12.1. The van der Waals surface area contributed by atoms with Crippen molar-refractivity contribution >= 4 is 39.1 Å². The molecule has 2 saturated carbocycles. The summed E-state index contributed by atoms with van der Waals surface area (Å²) in [6.45, 7) is 0. The topological polar surface area (TPSA) is 29.1 Å². The molecule has 2 bridgehead atoms. The first kappa shape index (κ1) is 13.4. The maximum atomic E-state index is 12.1. The van der Waals surface area contributed by atoms with Crippen molar-refractivity contribution in [3.8, 4) is 0 Å². The molecule has 19 heavy (non-hydrogen) atoms. The van der Waals surface area contributed by atoms with Crippen LogP contribution in [0.15, 0.2) is 22.7 Å². The zero-order chi connectivity index (χ0) is 13.4. The molecule has 3 rings (SSSR count). The monoisotopic (exact) mass is 341 g/mol. The van der Waals surface area contributed by atoms with Crippen LogP contribution in [-0.4, -0.2) is 5.91 Å². The number of fused-ring (bicyclic) bond motifs is 2. The first-order valence-corrected chi connectivity index (χ1v) is 8.04. The molecule has 4 heteroatoms. The van der Waals surface area contributed by atoms with E-state index >= 15 is 0 Å². The van der Waals surface area contributed by atoms with E-state index in [0.29, 0.717) is 23.0 Å². The van der Waals surface area contributed by atoms with Crippen LogP contribution in [-0.2, 0) is 4.79 Å². The van der Waals surface area contributed by atoms with E-state index in [4.69, 9.17) is 11.6 Å². The Balaban J connectivity index is 1.59. The fourth-order valence-corrected chi connectivity index (χ4v) is 4.38. The van der Waals surface area contributed by atoms with Crippen molar-refractivity contribution in [3.63, 3.8) is 0 Å². The van der Waals surface area contributed by atoms with Gasteiger partial charge >= 0.3 is 0 Å². The standard InChI is InChI=1S/C15H17BrClNO/c16-12-3-4-14(13(17)8-12)18-15(19)7-11-6-9-1-2-10(11)5-9/h3-4,8-11H,1-2,5-7H2,(H,18,19). The number of anilines is 1. The third-order valence-corrected chi connectivity index (χ3v) is 5.34. The molecule has 1 aromatic carbocycles. The van der Waals surface area contributed by atoms with Crippen molar-refractivity contribution in [2.45, 2.75) is 32.1 Å². The normalized spacial score (nSPS) is 28.6. The van der Waals surface area contributed by atoms with Crippen molar-refractivity contribution in [1.29, 1.82) is 0 Å². The Morgan fingerprint density at radius 3 is 2.84 bits per heavy atom. The maximum Gasteiger partial charge on any atom is 0.224 e. The molecule has 2 nitrogen and oxygen atoms in total. The molecular formula is C15H17BrClNO. The Morgan fingerprint density at radius 2 is 2.21 bits per heavy atom. The van der Waals surface area contributed by atoms with Crippen molar-refractivity contribution in [2.75, 3.05) is 5.32 Å². The molecular weight excluding hydrogens is 326 g/mol. The van der Waals surface area contributed by atoms with Crippen molar-refractivity contribution in [1.82, 2.24) is 0 Å². The molecule has 2 aliphatic carbocycles. The van der Waals surface area contributed by atoms with E-state index in [1.807, 2.05) is 12.1 Å². The number of carbonyl (C=O) groups is 1. The van der Waals surface area contributed by atoms with Crippen LogP contribution in [0, 0.1) is 17.8 Å². The van der Waals surface area contributed by atoms with Crippen LogP contribution in [0.25, 0.3) is 0 Å². The van der Waals surface area contributed by atoms with Crippen molar-refractivity contribution in [2.24, 2.45) is 17.8 Å². The van der Waals surface area contributed by atoms with Gasteiger partial charge in [-0.15, -0.1) is 0 Å². The Morgan fingerprint density at radius 1 is 1.37 bits per heavy atom.